The molecule has 4 heteroatoms. The molecule has 1 aliphatic rings. The lowest BCUT2D eigenvalue weighted by atomic mass is 10.0. The van der Waals surface area contributed by atoms with Gasteiger partial charge in [-0.3, -0.25) is 0 Å². The van der Waals surface area contributed by atoms with Gasteiger partial charge in [-0.05, 0) is 30.0 Å². The number of hydrogen-bond acceptors (Lipinski definition) is 3. The summed E-state index contributed by atoms with van der Waals surface area (Å²) in [6.45, 7) is 5.33. The van der Waals surface area contributed by atoms with Crippen LogP contribution >= 0.6 is 0 Å². The molecule has 1 unspecified atom stereocenters. The Morgan fingerprint density at radius 3 is 2.95 bits per heavy atom. The molecule has 0 aliphatic carbocycles. The van der Waals surface area contributed by atoms with Crippen LogP contribution in [0, 0.1) is 0 Å². The fraction of sp³-hybridized carbons (Fsp3) is 0.438. The highest BCUT2D eigenvalue weighted by Crippen LogP contribution is 2.32. The van der Waals surface area contributed by atoms with Gasteiger partial charge in [-0.15, -0.1) is 0 Å². The summed E-state index contributed by atoms with van der Waals surface area (Å²) in [5, 5.41) is 8.21. The molecule has 2 aromatic rings. The highest BCUT2D eigenvalue weighted by molar-refractivity contribution is 5.43. The van der Waals surface area contributed by atoms with Crippen LogP contribution in [0.5, 0.6) is 5.75 Å². The van der Waals surface area contributed by atoms with Crippen molar-refractivity contribution in [2.45, 2.75) is 32.2 Å². The number of rotatable bonds is 3. The SMILES string of the molecule is COc1cccc(C2CCNc3cc(C(C)C)nn32)c1. The van der Waals surface area contributed by atoms with Gasteiger partial charge < -0.3 is 10.1 Å². The third kappa shape index (κ3) is 2.26. The van der Waals surface area contributed by atoms with Gasteiger partial charge >= 0.3 is 0 Å². The molecule has 1 aromatic carbocycles. The van der Waals surface area contributed by atoms with E-state index in [2.05, 4.69) is 42.0 Å². The van der Waals surface area contributed by atoms with Crippen LogP contribution in [-0.4, -0.2) is 23.4 Å². The number of anilines is 1. The van der Waals surface area contributed by atoms with Gasteiger partial charge in [-0.1, -0.05) is 26.0 Å². The quantitative estimate of drug-likeness (QED) is 0.929. The first kappa shape index (κ1) is 13.0. The summed E-state index contributed by atoms with van der Waals surface area (Å²) in [5.41, 5.74) is 2.40. The Balaban J connectivity index is 2.00. The summed E-state index contributed by atoms with van der Waals surface area (Å²) in [6, 6.07) is 10.7. The van der Waals surface area contributed by atoms with E-state index in [1.807, 2.05) is 12.1 Å². The molecular weight excluding hydrogens is 250 g/mol. The number of nitrogens with zero attached hydrogens (tertiary/aromatic N) is 2. The summed E-state index contributed by atoms with van der Waals surface area (Å²) in [6.07, 6.45) is 1.04. The van der Waals surface area contributed by atoms with Crippen LogP contribution in [0.15, 0.2) is 30.3 Å². The van der Waals surface area contributed by atoms with Gasteiger partial charge in [-0.2, -0.15) is 5.10 Å². The molecule has 0 fully saturated rings. The molecule has 20 heavy (non-hydrogen) atoms. The zero-order chi connectivity index (χ0) is 14.1. The molecule has 2 heterocycles. The van der Waals surface area contributed by atoms with E-state index in [0.717, 1.165) is 30.2 Å². The summed E-state index contributed by atoms with van der Waals surface area (Å²) in [7, 11) is 1.71. The van der Waals surface area contributed by atoms with Gasteiger partial charge in [0.25, 0.3) is 0 Å². The highest BCUT2D eigenvalue weighted by atomic mass is 16.5. The average Bonchev–Trinajstić information content (AvgIpc) is 2.91. The van der Waals surface area contributed by atoms with Crippen molar-refractivity contribution >= 4 is 5.82 Å². The molecule has 0 saturated carbocycles. The summed E-state index contributed by atoms with van der Waals surface area (Å²) in [5.74, 6) is 2.47. The average molecular weight is 271 g/mol. The van der Waals surface area contributed by atoms with Crippen LogP contribution in [-0.2, 0) is 0 Å². The molecule has 106 valence electrons. The molecule has 1 aromatic heterocycles. The van der Waals surface area contributed by atoms with Crippen molar-refractivity contribution < 1.29 is 4.74 Å². The Hall–Kier alpha value is -1.97. The molecule has 0 saturated heterocycles. The van der Waals surface area contributed by atoms with E-state index >= 15 is 0 Å². The number of fused-ring (bicyclic) bond motifs is 1. The van der Waals surface area contributed by atoms with Crippen molar-refractivity contribution in [2.75, 3.05) is 19.0 Å². The van der Waals surface area contributed by atoms with Crippen LogP contribution < -0.4 is 10.1 Å². The number of methoxy groups -OCH3 is 1. The van der Waals surface area contributed by atoms with E-state index in [4.69, 9.17) is 9.84 Å². The number of ether oxygens (including phenoxy) is 1. The molecule has 1 atom stereocenters. The highest BCUT2D eigenvalue weighted by Gasteiger charge is 2.24. The van der Waals surface area contributed by atoms with E-state index in [-0.39, 0.29) is 6.04 Å². The van der Waals surface area contributed by atoms with Crippen LogP contribution in [0.3, 0.4) is 0 Å². The van der Waals surface area contributed by atoms with Crippen LogP contribution in [0.2, 0.25) is 0 Å². The summed E-state index contributed by atoms with van der Waals surface area (Å²) in [4.78, 5) is 0. The minimum atomic E-state index is 0.286. The van der Waals surface area contributed by atoms with E-state index in [0.29, 0.717) is 5.92 Å². The Labute approximate surface area is 119 Å². The lowest BCUT2D eigenvalue weighted by Gasteiger charge is -2.26. The van der Waals surface area contributed by atoms with E-state index in [1.165, 1.54) is 5.56 Å². The summed E-state index contributed by atoms with van der Waals surface area (Å²) < 4.78 is 7.45. The maximum atomic E-state index is 5.33. The first-order chi connectivity index (χ1) is 9.69. The number of nitrogens with one attached hydrogen (secondary N) is 1. The van der Waals surface area contributed by atoms with Gasteiger partial charge in [0.1, 0.15) is 11.6 Å². The van der Waals surface area contributed by atoms with Crippen molar-refractivity contribution in [1.29, 1.82) is 0 Å². The standard InChI is InChI=1S/C16H21N3O/c1-11(2)14-10-16-17-8-7-15(19(16)18-14)12-5-4-6-13(9-12)20-3/h4-6,9-11,15,17H,7-8H2,1-3H3. The molecule has 4 nitrogen and oxygen atoms in total. The Bertz CT molecular complexity index is 604. The van der Waals surface area contributed by atoms with Gasteiger partial charge in [0.2, 0.25) is 0 Å². The number of aromatic nitrogens is 2. The fourth-order valence-electron chi connectivity index (χ4n) is 2.68. The maximum Gasteiger partial charge on any atom is 0.125 e. The first-order valence-corrected chi connectivity index (χ1v) is 7.16. The predicted octanol–water partition coefficient (Wildman–Crippen LogP) is 3.42. The Morgan fingerprint density at radius 2 is 2.20 bits per heavy atom. The predicted molar refractivity (Wildman–Crippen MR) is 80.6 cm³/mol. The third-order valence-electron chi connectivity index (χ3n) is 3.84. The number of benzene rings is 1. The van der Waals surface area contributed by atoms with Crippen LogP contribution in [0.1, 0.15) is 43.5 Å². The normalized spacial score (nSPS) is 17.7. The van der Waals surface area contributed by atoms with Crippen LogP contribution in [0.25, 0.3) is 0 Å². The molecule has 1 aliphatic heterocycles. The van der Waals surface area contributed by atoms with E-state index in [1.54, 1.807) is 7.11 Å². The van der Waals surface area contributed by atoms with Crippen molar-refractivity contribution in [3.05, 3.63) is 41.6 Å². The maximum absolute atomic E-state index is 5.33. The fourth-order valence-corrected chi connectivity index (χ4v) is 2.68. The lowest BCUT2D eigenvalue weighted by Crippen LogP contribution is -2.24. The van der Waals surface area contributed by atoms with Gasteiger partial charge in [-0.25, -0.2) is 4.68 Å². The van der Waals surface area contributed by atoms with Crippen molar-refractivity contribution in [3.8, 4) is 5.75 Å². The molecule has 0 radical (unpaired) electrons. The molecule has 0 spiro atoms. The number of hydrogen-bond donors (Lipinski definition) is 1. The molecule has 1 N–H and O–H groups in total. The topological polar surface area (TPSA) is 39.1 Å². The van der Waals surface area contributed by atoms with E-state index < -0.39 is 0 Å². The lowest BCUT2D eigenvalue weighted by molar-refractivity contribution is 0.411. The Kier molecular flexibility index (Phi) is 3.38. The minimum absolute atomic E-state index is 0.286. The van der Waals surface area contributed by atoms with Crippen molar-refractivity contribution in [3.63, 3.8) is 0 Å². The largest absolute Gasteiger partial charge is 0.497 e. The third-order valence-corrected chi connectivity index (χ3v) is 3.84. The molecule has 3 rings (SSSR count). The van der Waals surface area contributed by atoms with E-state index in [9.17, 15) is 0 Å². The first-order valence-electron chi connectivity index (χ1n) is 7.16. The second kappa shape index (κ2) is 5.19. The monoisotopic (exact) mass is 271 g/mol. The van der Waals surface area contributed by atoms with Crippen LogP contribution in [0.4, 0.5) is 5.82 Å². The zero-order valence-corrected chi connectivity index (χ0v) is 12.3. The second-order valence-electron chi connectivity index (χ2n) is 5.56. The minimum Gasteiger partial charge on any atom is -0.497 e. The van der Waals surface area contributed by atoms with Gasteiger partial charge in [0.15, 0.2) is 0 Å². The smallest absolute Gasteiger partial charge is 0.125 e. The Morgan fingerprint density at radius 1 is 1.35 bits per heavy atom. The molecule has 0 bridgehead atoms. The van der Waals surface area contributed by atoms with Gasteiger partial charge in [0, 0.05) is 12.6 Å². The van der Waals surface area contributed by atoms with Gasteiger partial charge in [0.05, 0.1) is 18.8 Å². The molecule has 0 amide bonds. The second-order valence-corrected chi connectivity index (χ2v) is 5.56. The summed E-state index contributed by atoms with van der Waals surface area (Å²) >= 11 is 0. The zero-order valence-electron chi connectivity index (χ0n) is 12.3. The van der Waals surface area contributed by atoms with Crippen molar-refractivity contribution in [1.82, 2.24) is 9.78 Å². The molecular formula is C16H21N3O. The van der Waals surface area contributed by atoms with Crippen molar-refractivity contribution in [2.24, 2.45) is 0 Å².